The Labute approximate surface area is 191 Å². The van der Waals surface area contributed by atoms with E-state index in [4.69, 9.17) is 4.74 Å². The number of carboxylic acids is 1. The van der Waals surface area contributed by atoms with Gasteiger partial charge in [0.2, 0.25) is 5.91 Å². The molecule has 3 rings (SSSR count). The zero-order chi connectivity index (χ0) is 19.9. The topological polar surface area (TPSA) is 106 Å². The summed E-state index contributed by atoms with van der Waals surface area (Å²) in [6.45, 7) is 4.56. The van der Waals surface area contributed by atoms with Crippen LogP contribution in [0.3, 0.4) is 0 Å². The van der Waals surface area contributed by atoms with Crippen molar-refractivity contribution >= 4 is 30.0 Å². The number of carboxylic acid groups (broad SMARTS) is 1. The number of hydrogen-bond donors (Lipinski definition) is 1. The molecule has 150 valence electrons. The monoisotopic (exact) mass is 419 g/mol. The van der Waals surface area contributed by atoms with Crippen molar-refractivity contribution in [3.8, 4) is 0 Å². The molecule has 3 aliphatic rings. The van der Waals surface area contributed by atoms with Gasteiger partial charge in [0, 0.05) is 30.2 Å². The van der Waals surface area contributed by atoms with Gasteiger partial charge in [0.15, 0.2) is 0 Å². The molecule has 2 fully saturated rings. The number of aliphatic hydroxyl groups is 1. The molecule has 2 saturated heterocycles. The van der Waals surface area contributed by atoms with Crippen LogP contribution < -0.4 is 34.7 Å². The number of carbonyl (C=O) groups is 2. The van der Waals surface area contributed by atoms with Crippen LogP contribution in [0, 0.1) is 11.8 Å². The summed E-state index contributed by atoms with van der Waals surface area (Å²) in [6, 6.07) is -0.310. The third-order valence-corrected chi connectivity index (χ3v) is 6.74. The Balaban J connectivity index is 0.00000280. The Morgan fingerprint density at radius 3 is 2.79 bits per heavy atom. The molecule has 3 aliphatic heterocycles. The predicted molar refractivity (Wildman–Crippen MR) is 99.8 cm³/mol. The molecule has 0 bridgehead atoms. The zero-order valence-corrected chi connectivity index (χ0v) is 19.8. The summed E-state index contributed by atoms with van der Waals surface area (Å²) in [5, 5.41) is 21.7. The van der Waals surface area contributed by atoms with Gasteiger partial charge in [0.25, 0.3) is 0 Å². The van der Waals surface area contributed by atoms with E-state index in [1.54, 1.807) is 13.3 Å². The van der Waals surface area contributed by atoms with E-state index in [0.717, 1.165) is 6.42 Å². The number of rotatable bonds is 7. The van der Waals surface area contributed by atoms with E-state index in [-0.39, 0.29) is 64.5 Å². The molecule has 1 N–H and O–H groups in total. The molecule has 28 heavy (non-hydrogen) atoms. The van der Waals surface area contributed by atoms with E-state index < -0.39 is 18.0 Å². The molecule has 0 radical (unpaired) electrons. The maximum absolute atomic E-state index is 12.3. The van der Waals surface area contributed by atoms with Crippen LogP contribution >= 0.6 is 11.8 Å². The Morgan fingerprint density at radius 1 is 1.54 bits per heavy atom. The average Bonchev–Trinajstić information content (AvgIpc) is 3.09. The molecular formula is C18H26N3NaO5S. The Morgan fingerprint density at radius 2 is 2.21 bits per heavy atom. The van der Waals surface area contributed by atoms with Gasteiger partial charge in [-0.3, -0.25) is 9.79 Å². The first-order valence-electron chi connectivity index (χ1n) is 9.13. The Hall–Kier alpha value is -0.580. The molecule has 6 atom stereocenters. The van der Waals surface area contributed by atoms with Crippen LogP contribution in [-0.2, 0) is 14.3 Å². The van der Waals surface area contributed by atoms with Crippen LogP contribution in [0.25, 0.3) is 0 Å². The summed E-state index contributed by atoms with van der Waals surface area (Å²) in [5.74, 6) is -2.38. The van der Waals surface area contributed by atoms with Gasteiger partial charge in [0.1, 0.15) is 0 Å². The number of ether oxygens (including phenoxy) is 1. The fraction of sp³-hybridized carbons (Fsp3) is 0.722. The van der Waals surface area contributed by atoms with E-state index in [2.05, 4.69) is 4.99 Å². The first-order chi connectivity index (χ1) is 12.7. The van der Waals surface area contributed by atoms with Gasteiger partial charge in [-0.1, -0.05) is 6.92 Å². The molecule has 0 spiro atoms. The fourth-order valence-electron chi connectivity index (χ4n) is 4.06. The van der Waals surface area contributed by atoms with Crippen molar-refractivity contribution in [2.45, 2.75) is 43.8 Å². The van der Waals surface area contributed by atoms with Crippen molar-refractivity contribution in [3.05, 3.63) is 10.6 Å². The number of hydrogen-bond acceptors (Lipinski definition) is 7. The van der Waals surface area contributed by atoms with E-state index in [9.17, 15) is 19.8 Å². The molecule has 2 unspecified atom stereocenters. The number of amides is 1. The summed E-state index contributed by atoms with van der Waals surface area (Å²) in [6.07, 6.45) is 1.71. The van der Waals surface area contributed by atoms with Crippen molar-refractivity contribution in [3.63, 3.8) is 0 Å². The summed E-state index contributed by atoms with van der Waals surface area (Å²) in [7, 11) is 3.80. The molecular weight excluding hydrogens is 393 g/mol. The summed E-state index contributed by atoms with van der Waals surface area (Å²) in [5.41, 5.74) is -0.0338. The van der Waals surface area contributed by atoms with E-state index in [1.165, 1.54) is 16.7 Å². The van der Waals surface area contributed by atoms with Gasteiger partial charge in [-0.25, -0.2) is 0 Å². The molecule has 8 nitrogen and oxygen atoms in total. The molecule has 10 heteroatoms. The van der Waals surface area contributed by atoms with Gasteiger partial charge in [-0.15, -0.1) is 11.8 Å². The largest absolute Gasteiger partial charge is 1.00 e. The number of aliphatic imine (C=N–C) groups is 1. The number of β-lactam (4-membered cyclic amide) rings is 1. The standard InChI is InChI=1S/C18H27N3O5S.Na/c1-9-14-13(10(2)22)17(23)21(14)15(18(24)25)16(9)27-12-5-11(26-7-12)6-19-8-20(3)4;/h8-14,22H,5-7H2,1-4H3,(H,24,25);/q;+1/p-1/t9-,10-,11?,12?,13-,14-;/m1./s1. The van der Waals surface area contributed by atoms with Crippen LogP contribution in [0.5, 0.6) is 0 Å². The number of nitrogens with zero attached hydrogens (tertiary/aromatic N) is 3. The molecule has 0 aromatic rings. The van der Waals surface area contributed by atoms with Crippen molar-refractivity contribution in [1.82, 2.24) is 9.80 Å². The summed E-state index contributed by atoms with van der Waals surface area (Å²) < 4.78 is 5.78. The van der Waals surface area contributed by atoms with E-state index in [1.807, 2.05) is 25.9 Å². The van der Waals surface area contributed by atoms with Crippen LogP contribution in [0.1, 0.15) is 20.3 Å². The smallest absolute Gasteiger partial charge is 0.543 e. The molecule has 0 aliphatic carbocycles. The van der Waals surface area contributed by atoms with Crippen molar-refractivity contribution in [2.24, 2.45) is 16.8 Å². The van der Waals surface area contributed by atoms with Crippen LogP contribution in [0.15, 0.2) is 15.6 Å². The van der Waals surface area contributed by atoms with Crippen molar-refractivity contribution < 1.29 is 54.1 Å². The zero-order valence-electron chi connectivity index (χ0n) is 17.0. The third kappa shape index (κ3) is 4.44. The van der Waals surface area contributed by atoms with Crippen LogP contribution in [-0.4, -0.2) is 83.9 Å². The molecule has 3 heterocycles. The van der Waals surface area contributed by atoms with Gasteiger partial charge in [0.05, 0.1) is 55.3 Å². The average molecular weight is 419 g/mol. The van der Waals surface area contributed by atoms with Crippen molar-refractivity contribution in [1.29, 1.82) is 0 Å². The number of aliphatic carboxylic acids is 1. The van der Waals surface area contributed by atoms with Gasteiger partial charge >= 0.3 is 29.6 Å². The first-order valence-corrected chi connectivity index (χ1v) is 10.0. The fourth-order valence-corrected chi connectivity index (χ4v) is 5.52. The maximum atomic E-state index is 12.3. The summed E-state index contributed by atoms with van der Waals surface area (Å²) in [4.78, 5) is 32.2. The van der Waals surface area contributed by atoms with Crippen molar-refractivity contribution in [2.75, 3.05) is 27.2 Å². The van der Waals surface area contributed by atoms with Gasteiger partial charge in [-0.2, -0.15) is 0 Å². The molecule has 0 aromatic carbocycles. The Kier molecular flexibility index (Phi) is 8.03. The van der Waals surface area contributed by atoms with Gasteiger partial charge in [-0.05, 0) is 13.3 Å². The minimum absolute atomic E-state index is 0. The second-order valence-electron chi connectivity index (χ2n) is 7.63. The number of thioether (sulfide) groups is 1. The molecule has 0 aromatic heterocycles. The normalized spacial score (nSPS) is 33.0. The predicted octanol–water partition coefficient (Wildman–Crippen LogP) is -3.71. The summed E-state index contributed by atoms with van der Waals surface area (Å²) >= 11 is 1.46. The maximum Gasteiger partial charge on any atom is 1.00 e. The minimum Gasteiger partial charge on any atom is -0.543 e. The minimum atomic E-state index is -1.34. The second-order valence-corrected chi connectivity index (χ2v) is 8.97. The third-order valence-electron chi connectivity index (χ3n) is 5.26. The van der Waals surface area contributed by atoms with E-state index in [0.29, 0.717) is 18.1 Å². The molecule has 0 saturated carbocycles. The van der Waals surface area contributed by atoms with E-state index >= 15 is 0 Å². The number of aliphatic hydroxyl groups excluding tert-OH is 1. The van der Waals surface area contributed by atoms with Crippen LogP contribution in [0.4, 0.5) is 0 Å². The Bertz CT molecular complexity index is 684. The van der Waals surface area contributed by atoms with Gasteiger partial charge < -0.3 is 29.5 Å². The molecule has 1 amide bonds. The number of fused-ring (bicyclic) bond motifs is 1. The number of carbonyl (C=O) groups excluding carboxylic acids is 2. The first kappa shape index (κ1) is 23.7. The quantitative estimate of drug-likeness (QED) is 0.196. The second kappa shape index (κ2) is 9.49. The van der Waals surface area contributed by atoms with Crippen LogP contribution in [0.2, 0.25) is 0 Å². The SMILES string of the molecule is C[C@@H](O)[C@H]1C(=O)N2C(C(=O)[O-])=C(SC3COC(CN=CN(C)C)C3)[C@H](C)[C@H]12.[Na+].